The summed E-state index contributed by atoms with van der Waals surface area (Å²) in [6.45, 7) is 4.91. The van der Waals surface area contributed by atoms with Gasteiger partial charge in [-0.15, -0.1) is 0 Å². The SMILES string of the molecule is CN(CC1CCOCC1)C(=O)CC1CNCCO1. The molecule has 0 aromatic heterocycles. The molecule has 5 nitrogen and oxygen atoms in total. The molecule has 0 saturated carbocycles. The number of hydrogen-bond acceptors (Lipinski definition) is 4. The van der Waals surface area contributed by atoms with Gasteiger partial charge in [0.25, 0.3) is 0 Å². The Balaban J connectivity index is 1.69. The van der Waals surface area contributed by atoms with Crippen molar-refractivity contribution >= 4 is 5.91 Å². The number of carbonyl (C=O) groups excluding carboxylic acids is 1. The van der Waals surface area contributed by atoms with E-state index in [0.29, 0.717) is 18.9 Å². The maximum Gasteiger partial charge on any atom is 0.224 e. The molecular weight excluding hydrogens is 232 g/mol. The fourth-order valence-corrected chi connectivity index (χ4v) is 2.52. The van der Waals surface area contributed by atoms with Crippen LogP contribution < -0.4 is 5.32 Å². The van der Waals surface area contributed by atoms with Crippen molar-refractivity contribution in [2.45, 2.75) is 25.4 Å². The molecule has 2 aliphatic rings. The molecule has 0 radical (unpaired) electrons. The molecule has 0 spiro atoms. The second-order valence-electron chi connectivity index (χ2n) is 5.23. The lowest BCUT2D eigenvalue weighted by Crippen LogP contribution is -2.42. The number of morpholine rings is 1. The molecule has 0 bridgehead atoms. The number of amides is 1. The van der Waals surface area contributed by atoms with Crippen molar-refractivity contribution in [2.24, 2.45) is 5.92 Å². The van der Waals surface area contributed by atoms with Crippen LogP contribution in [0.3, 0.4) is 0 Å². The fraction of sp³-hybridized carbons (Fsp3) is 0.923. The highest BCUT2D eigenvalue weighted by atomic mass is 16.5. The van der Waals surface area contributed by atoms with Gasteiger partial charge in [-0.3, -0.25) is 4.79 Å². The highest BCUT2D eigenvalue weighted by Gasteiger charge is 2.22. The van der Waals surface area contributed by atoms with E-state index in [-0.39, 0.29) is 12.0 Å². The summed E-state index contributed by atoms with van der Waals surface area (Å²) in [6.07, 6.45) is 2.67. The van der Waals surface area contributed by atoms with Gasteiger partial charge in [0.2, 0.25) is 5.91 Å². The first-order chi connectivity index (χ1) is 8.75. The van der Waals surface area contributed by atoms with Crippen molar-refractivity contribution in [1.82, 2.24) is 10.2 Å². The van der Waals surface area contributed by atoms with E-state index in [0.717, 1.165) is 45.7 Å². The molecule has 2 rings (SSSR count). The Morgan fingerprint density at radius 1 is 1.33 bits per heavy atom. The number of rotatable bonds is 4. The monoisotopic (exact) mass is 256 g/mol. The summed E-state index contributed by atoms with van der Waals surface area (Å²) in [5, 5.41) is 3.25. The summed E-state index contributed by atoms with van der Waals surface area (Å²) in [5.74, 6) is 0.785. The lowest BCUT2D eigenvalue weighted by molar-refractivity contribution is -0.134. The first-order valence-corrected chi connectivity index (χ1v) is 6.89. The third kappa shape index (κ3) is 4.23. The Bertz CT molecular complexity index is 261. The Kier molecular flexibility index (Phi) is 5.41. The van der Waals surface area contributed by atoms with Gasteiger partial charge in [-0.25, -0.2) is 0 Å². The Morgan fingerprint density at radius 2 is 2.11 bits per heavy atom. The molecule has 2 aliphatic heterocycles. The van der Waals surface area contributed by atoms with Gasteiger partial charge in [-0.05, 0) is 18.8 Å². The highest BCUT2D eigenvalue weighted by molar-refractivity contribution is 5.76. The number of hydrogen-bond donors (Lipinski definition) is 1. The third-order valence-electron chi connectivity index (χ3n) is 3.71. The molecule has 0 aromatic rings. The Hall–Kier alpha value is -0.650. The van der Waals surface area contributed by atoms with E-state index in [1.807, 2.05) is 11.9 Å². The second-order valence-corrected chi connectivity index (χ2v) is 5.23. The number of ether oxygens (including phenoxy) is 2. The molecule has 0 aromatic carbocycles. The quantitative estimate of drug-likeness (QED) is 0.783. The molecular formula is C13H24N2O3. The second kappa shape index (κ2) is 7.07. The van der Waals surface area contributed by atoms with Gasteiger partial charge in [0.1, 0.15) is 0 Å². The van der Waals surface area contributed by atoms with E-state index < -0.39 is 0 Å². The molecule has 0 aliphatic carbocycles. The zero-order valence-electron chi connectivity index (χ0n) is 11.2. The molecule has 1 atom stereocenters. The number of nitrogens with zero attached hydrogens (tertiary/aromatic N) is 1. The summed E-state index contributed by atoms with van der Waals surface area (Å²) >= 11 is 0. The van der Waals surface area contributed by atoms with Gasteiger partial charge in [0.05, 0.1) is 19.1 Å². The molecule has 1 N–H and O–H groups in total. The zero-order chi connectivity index (χ0) is 12.8. The van der Waals surface area contributed by atoms with Gasteiger partial charge in [-0.2, -0.15) is 0 Å². The van der Waals surface area contributed by atoms with Crippen molar-refractivity contribution < 1.29 is 14.3 Å². The average molecular weight is 256 g/mol. The minimum absolute atomic E-state index is 0.0448. The van der Waals surface area contributed by atoms with E-state index in [2.05, 4.69) is 5.32 Å². The molecule has 18 heavy (non-hydrogen) atoms. The van der Waals surface area contributed by atoms with E-state index >= 15 is 0 Å². The first kappa shape index (κ1) is 13.8. The van der Waals surface area contributed by atoms with E-state index in [4.69, 9.17) is 9.47 Å². The lowest BCUT2D eigenvalue weighted by Gasteiger charge is -2.29. The van der Waals surface area contributed by atoms with Crippen LogP contribution in [0.15, 0.2) is 0 Å². The molecule has 2 heterocycles. The molecule has 2 fully saturated rings. The van der Waals surface area contributed by atoms with Crippen LogP contribution in [-0.4, -0.2) is 63.4 Å². The smallest absolute Gasteiger partial charge is 0.224 e. The van der Waals surface area contributed by atoms with Crippen molar-refractivity contribution in [1.29, 1.82) is 0 Å². The molecule has 2 saturated heterocycles. The minimum atomic E-state index is 0.0448. The number of carbonyl (C=O) groups is 1. The summed E-state index contributed by atoms with van der Waals surface area (Å²) in [5.41, 5.74) is 0. The molecule has 1 unspecified atom stereocenters. The van der Waals surface area contributed by atoms with Crippen LogP contribution in [0, 0.1) is 5.92 Å². The van der Waals surface area contributed by atoms with Crippen molar-refractivity contribution in [3.63, 3.8) is 0 Å². The Morgan fingerprint density at radius 3 is 2.78 bits per heavy atom. The van der Waals surface area contributed by atoms with Gasteiger partial charge < -0.3 is 19.7 Å². The topological polar surface area (TPSA) is 50.8 Å². The summed E-state index contributed by atoms with van der Waals surface area (Å²) in [6, 6.07) is 0. The molecule has 5 heteroatoms. The highest BCUT2D eigenvalue weighted by Crippen LogP contribution is 2.16. The maximum atomic E-state index is 12.1. The average Bonchev–Trinajstić information content (AvgIpc) is 2.41. The minimum Gasteiger partial charge on any atom is -0.381 e. The van der Waals surface area contributed by atoms with Crippen LogP contribution >= 0.6 is 0 Å². The van der Waals surface area contributed by atoms with E-state index in [9.17, 15) is 4.79 Å². The Labute approximate surface area is 109 Å². The van der Waals surface area contributed by atoms with Gasteiger partial charge in [0.15, 0.2) is 0 Å². The maximum absolute atomic E-state index is 12.1. The molecule has 104 valence electrons. The number of nitrogens with one attached hydrogen (secondary N) is 1. The largest absolute Gasteiger partial charge is 0.381 e. The normalized spacial score (nSPS) is 25.9. The van der Waals surface area contributed by atoms with Gasteiger partial charge in [0, 0.05) is 39.9 Å². The van der Waals surface area contributed by atoms with Crippen molar-refractivity contribution in [2.75, 3.05) is 46.5 Å². The van der Waals surface area contributed by atoms with E-state index in [1.54, 1.807) is 0 Å². The zero-order valence-corrected chi connectivity index (χ0v) is 11.2. The summed E-state index contributed by atoms with van der Waals surface area (Å²) in [4.78, 5) is 13.9. The van der Waals surface area contributed by atoms with Crippen molar-refractivity contribution in [3.05, 3.63) is 0 Å². The summed E-state index contributed by atoms with van der Waals surface area (Å²) < 4.78 is 10.9. The van der Waals surface area contributed by atoms with E-state index in [1.165, 1.54) is 0 Å². The van der Waals surface area contributed by atoms with Crippen LogP contribution in [0.25, 0.3) is 0 Å². The van der Waals surface area contributed by atoms with Gasteiger partial charge >= 0.3 is 0 Å². The van der Waals surface area contributed by atoms with Crippen LogP contribution in [0.5, 0.6) is 0 Å². The van der Waals surface area contributed by atoms with Crippen LogP contribution in [0.2, 0.25) is 0 Å². The predicted molar refractivity (Wildman–Crippen MR) is 68.4 cm³/mol. The van der Waals surface area contributed by atoms with Crippen molar-refractivity contribution in [3.8, 4) is 0 Å². The standard InChI is InChI=1S/C13H24N2O3/c1-15(10-11-2-5-17-6-3-11)13(16)8-12-9-14-4-7-18-12/h11-12,14H,2-10H2,1H3. The van der Waals surface area contributed by atoms with Gasteiger partial charge in [-0.1, -0.05) is 0 Å². The van der Waals surface area contributed by atoms with Crippen LogP contribution in [-0.2, 0) is 14.3 Å². The predicted octanol–water partition coefficient (Wildman–Crippen LogP) is 0.250. The first-order valence-electron chi connectivity index (χ1n) is 6.89. The summed E-state index contributed by atoms with van der Waals surface area (Å²) in [7, 11) is 1.90. The molecule has 1 amide bonds. The lowest BCUT2D eigenvalue weighted by atomic mass is 9.99. The third-order valence-corrected chi connectivity index (χ3v) is 3.71. The van der Waals surface area contributed by atoms with Crippen LogP contribution in [0.1, 0.15) is 19.3 Å². The van der Waals surface area contributed by atoms with Crippen LogP contribution in [0.4, 0.5) is 0 Å². The fourth-order valence-electron chi connectivity index (χ4n) is 2.52.